The molecule has 5 heteroatoms. The number of carbonyl (C=O) groups excluding carboxylic acids is 1. The van der Waals surface area contributed by atoms with E-state index in [1.807, 2.05) is 6.07 Å². The average Bonchev–Trinajstić information content (AvgIpc) is 3.50. The van der Waals surface area contributed by atoms with E-state index in [2.05, 4.69) is 11.1 Å². The zero-order valence-electron chi connectivity index (χ0n) is 13.8. The molecule has 2 aromatic rings. The van der Waals surface area contributed by atoms with E-state index in [4.69, 9.17) is 14.7 Å². The Hall–Kier alpha value is -2.87. The Labute approximate surface area is 146 Å². The van der Waals surface area contributed by atoms with Crippen LogP contribution < -0.4 is 9.47 Å². The van der Waals surface area contributed by atoms with Crippen molar-refractivity contribution in [1.82, 2.24) is 4.98 Å². The monoisotopic (exact) mass is 334 g/mol. The maximum Gasteiger partial charge on any atom is 0.179 e. The number of nitriles is 1. The van der Waals surface area contributed by atoms with Crippen LogP contribution in [0.25, 0.3) is 0 Å². The summed E-state index contributed by atoms with van der Waals surface area (Å²) in [4.78, 5) is 16.2. The van der Waals surface area contributed by atoms with Gasteiger partial charge in [-0.3, -0.25) is 9.78 Å². The first-order valence-corrected chi connectivity index (χ1v) is 8.53. The molecule has 0 amide bonds. The van der Waals surface area contributed by atoms with Crippen molar-refractivity contribution in [2.75, 3.05) is 6.61 Å². The molecule has 4 rings (SSSR count). The first-order valence-electron chi connectivity index (χ1n) is 8.53. The summed E-state index contributed by atoms with van der Waals surface area (Å²) in [6, 6.07) is 9.43. The fraction of sp³-hybridized carbons (Fsp3) is 0.350. The van der Waals surface area contributed by atoms with E-state index >= 15 is 0 Å². The summed E-state index contributed by atoms with van der Waals surface area (Å²) >= 11 is 0. The maximum atomic E-state index is 11.9. The van der Waals surface area contributed by atoms with Gasteiger partial charge < -0.3 is 9.47 Å². The Balaban J connectivity index is 1.47. The van der Waals surface area contributed by atoms with Crippen molar-refractivity contribution in [3.05, 3.63) is 53.3 Å². The van der Waals surface area contributed by atoms with Gasteiger partial charge in [-0.15, -0.1) is 0 Å². The number of ketones is 1. The molecule has 5 nitrogen and oxygen atoms in total. The number of benzene rings is 1. The molecule has 1 aromatic carbocycles. The largest absolute Gasteiger partial charge is 0.484 e. The van der Waals surface area contributed by atoms with Crippen LogP contribution in [0.1, 0.15) is 42.1 Å². The third-order valence-electron chi connectivity index (χ3n) is 4.63. The van der Waals surface area contributed by atoms with Gasteiger partial charge in [-0.05, 0) is 43.0 Å². The molecule has 0 saturated heterocycles. The lowest BCUT2D eigenvalue weighted by atomic mass is 10.0. The second kappa shape index (κ2) is 6.56. The molecule has 126 valence electrons. The molecule has 25 heavy (non-hydrogen) atoms. The van der Waals surface area contributed by atoms with E-state index in [1.165, 1.54) is 0 Å². The van der Waals surface area contributed by atoms with Crippen LogP contribution in [0.2, 0.25) is 0 Å². The molecule has 1 aromatic heterocycles. The van der Waals surface area contributed by atoms with E-state index in [9.17, 15) is 4.79 Å². The van der Waals surface area contributed by atoms with Crippen LogP contribution in [0.15, 0.2) is 36.7 Å². The fourth-order valence-corrected chi connectivity index (χ4v) is 3.05. The molecule has 1 aliphatic carbocycles. The van der Waals surface area contributed by atoms with Crippen molar-refractivity contribution in [2.45, 2.75) is 31.8 Å². The molecule has 1 aliphatic heterocycles. The van der Waals surface area contributed by atoms with Gasteiger partial charge in [-0.2, -0.15) is 5.26 Å². The summed E-state index contributed by atoms with van der Waals surface area (Å²) in [5.74, 6) is 1.74. The number of fused-ring (bicyclic) bond motifs is 1. The lowest BCUT2D eigenvalue weighted by molar-refractivity contribution is -0.120. The predicted octanol–water partition coefficient (Wildman–Crippen LogP) is 3.38. The number of nitrogens with zero attached hydrogens (tertiary/aromatic N) is 2. The first-order chi connectivity index (χ1) is 12.2. The van der Waals surface area contributed by atoms with Gasteiger partial charge in [0.05, 0.1) is 5.56 Å². The minimum Gasteiger partial charge on any atom is -0.484 e. The van der Waals surface area contributed by atoms with Gasteiger partial charge in [0.25, 0.3) is 0 Å². The van der Waals surface area contributed by atoms with Gasteiger partial charge >= 0.3 is 0 Å². The van der Waals surface area contributed by atoms with Gasteiger partial charge in [-0.1, -0.05) is 6.07 Å². The maximum absolute atomic E-state index is 11.9. The number of para-hydroxylation sites is 1. The van der Waals surface area contributed by atoms with E-state index in [1.54, 1.807) is 30.6 Å². The molecule has 0 bridgehead atoms. The van der Waals surface area contributed by atoms with Crippen LogP contribution in [0.5, 0.6) is 11.5 Å². The van der Waals surface area contributed by atoms with Gasteiger partial charge in [0.1, 0.15) is 18.5 Å². The van der Waals surface area contributed by atoms with Crippen molar-refractivity contribution in [2.24, 2.45) is 5.92 Å². The smallest absolute Gasteiger partial charge is 0.179 e. The summed E-state index contributed by atoms with van der Waals surface area (Å²) in [6.45, 7) is 0.331. The number of aromatic nitrogens is 1. The number of Topliss-reactive ketones (excluding diaryl/α,β-unsaturated/α-hetero) is 1. The molecule has 1 atom stereocenters. The van der Waals surface area contributed by atoms with Gasteiger partial charge in [0.15, 0.2) is 17.6 Å². The predicted molar refractivity (Wildman–Crippen MR) is 90.3 cm³/mol. The van der Waals surface area contributed by atoms with E-state index in [-0.39, 0.29) is 6.10 Å². The van der Waals surface area contributed by atoms with Gasteiger partial charge in [-0.25, -0.2) is 0 Å². The standard InChI is InChI=1S/C20H18N2O3/c21-9-15-2-1-3-18-20(15)24-12-19(25-18)16-8-13(10-22-11-16)4-7-17(23)14-5-6-14/h1-3,8,10-11,14,19H,4-7,12H2. The summed E-state index contributed by atoms with van der Waals surface area (Å²) in [5.41, 5.74) is 2.43. The number of aryl methyl sites for hydroxylation is 1. The van der Waals surface area contributed by atoms with Crippen molar-refractivity contribution in [3.63, 3.8) is 0 Å². The molecule has 0 radical (unpaired) electrons. The summed E-state index contributed by atoms with van der Waals surface area (Å²) in [6.07, 6.45) is 6.68. The highest BCUT2D eigenvalue weighted by Crippen LogP contribution is 2.38. The SMILES string of the molecule is N#Cc1cccc2c1OCC(c1cncc(CCC(=O)C3CC3)c1)O2. The second-order valence-corrected chi connectivity index (χ2v) is 6.53. The van der Waals surface area contributed by atoms with E-state index in [0.717, 1.165) is 24.0 Å². The Morgan fingerprint density at radius 3 is 3.00 bits per heavy atom. The average molecular weight is 334 g/mol. The third-order valence-corrected chi connectivity index (χ3v) is 4.63. The van der Waals surface area contributed by atoms with Crippen LogP contribution in [-0.4, -0.2) is 17.4 Å². The highest BCUT2D eigenvalue weighted by atomic mass is 16.6. The zero-order chi connectivity index (χ0) is 17.2. The number of rotatable bonds is 5. The topological polar surface area (TPSA) is 72.2 Å². The lowest BCUT2D eigenvalue weighted by Crippen LogP contribution is -2.22. The molecule has 2 aliphatic rings. The van der Waals surface area contributed by atoms with Gasteiger partial charge in [0, 0.05) is 30.3 Å². The Kier molecular flexibility index (Phi) is 4.10. The molecular weight excluding hydrogens is 316 g/mol. The Morgan fingerprint density at radius 1 is 1.32 bits per heavy atom. The molecular formula is C20H18N2O3. The van der Waals surface area contributed by atoms with Crippen LogP contribution in [-0.2, 0) is 11.2 Å². The molecule has 1 saturated carbocycles. The highest BCUT2D eigenvalue weighted by molar-refractivity contribution is 5.83. The molecule has 0 N–H and O–H groups in total. The normalized spacial score (nSPS) is 18.4. The summed E-state index contributed by atoms with van der Waals surface area (Å²) < 4.78 is 11.8. The minimum atomic E-state index is -0.270. The fourth-order valence-electron chi connectivity index (χ4n) is 3.05. The van der Waals surface area contributed by atoms with Crippen molar-refractivity contribution >= 4 is 5.78 Å². The molecule has 1 unspecified atom stereocenters. The Bertz CT molecular complexity index is 852. The summed E-state index contributed by atoms with van der Waals surface area (Å²) in [7, 11) is 0. The van der Waals surface area contributed by atoms with Crippen LogP contribution >= 0.6 is 0 Å². The molecule has 0 spiro atoms. The number of hydrogen-bond donors (Lipinski definition) is 0. The quantitative estimate of drug-likeness (QED) is 0.838. The lowest BCUT2D eigenvalue weighted by Gasteiger charge is -2.27. The first kappa shape index (κ1) is 15.6. The van der Waals surface area contributed by atoms with E-state index < -0.39 is 0 Å². The zero-order valence-corrected chi connectivity index (χ0v) is 13.8. The van der Waals surface area contributed by atoms with E-state index in [0.29, 0.717) is 48.2 Å². The number of ether oxygens (including phenoxy) is 2. The number of hydrogen-bond acceptors (Lipinski definition) is 5. The van der Waals surface area contributed by atoms with Gasteiger partial charge in [0.2, 0.25) is 0 Å². The number of pyridine rings is 1. The highest BCUT2D eigenvalue weighted by Gasteiger charge is 2.29. The summed E-state index contributed by atoms with van der Waals surface area (Å²) in [5, 5.41) is 9.14. The molecule has 2 heterocycles. The van der Waals surface area contributed by atoms with Crippen molar-refractivity contribution < 1.29 is 14.3 Å². The van der Waals surface area contributed by atoms with Crippen molar-refractivity contribution in [3.8, 4) is 17.6 Å². The molecule has 1 fully saturated rings. The van der Waals surface area contributed by atoms with Crippen LogP contribution in [0.3, 0.4) is 0 Å². The minimum absolute atomic E-state index is 0.270. The second-order valence-electron chi connectivity index (χ2n) is 6.53. The van der Waals surface area contributed by atoms with Crippen LogP contribution in [0, 0.1) is 17.2 Å². The van der Waals surface area contributed by atoms with Crippen LogP contribution in [0.4, 0.5) is 0 Å². The van der Waals surface area contributed by atoms with Crippen molar-refractivity contribution in [1.29, 1.82) is 5.26 Å². The third kappa shape index (κ3) is 3.34. The Morgan fingerprint density at radius 2 is 2.20 bits per heavy atom. The number of carbonyl (C=O) groups is 1.